The zero-order valence-corrected chi connectivity index (χ0v) is 10.8. The quantitative estimate of drug-likeness (QED) is 0.755. The number of nitrogens with one attached hydrogen (secondary N) is 1. The molecule has 0 heterocycles. The molecule has 0 unspecified atom stereocenters. The largest absolute Gasteiger partial charge is 0.492 e. The molecule has 4 nitrogen and oxygen atoms in total. The Hall–Kier alpha value is -1.26. The lowest BCUT2D eigenvalue weighted by Crippen LogP contribution is -2.29. The van der Waals surface area contributed by atoms with Gasteiger partial charge in [0.05, 0.1) is 6.54 Å². The molecule has 0 spiro atoms. The summed E-state index contributed by atoms with van der Waals surface area (Å²) in [5.41, 5.74) is 6.44. The fourth-order valence-corrected chi connectivity index (χ4v) is 1.21. The first-order valence-corrected chi connectivity index (χ1v) is 5.38. The van der Waals surface area contributed by atoms with Gasteiger partial charge < -0.3 is 15.8 Å². The molecule has 0 radical (unpaired) electrons. The Morgan fingerprint density at radius 2 is 2.00 bits per heavy atom. The topological polar surface area (TPSA) is 64.3 Å². The van der Waals surface area contributed by atoms with E-state index in [4.69, 9.17) is 10.5 Å². The number of carbonyl (C=O) groups is 1. The van der Waals surface area contributed by atoms with Crippen LogP contribution in [0.25, 0.3) is 0 Å². The van der Waals surface area contributed by atoms with Crippen LogP contribution < -0.4 is 15.8 Å². The summed E-state index contributed by atoms with van der Waals surface area (Å²) in [5.74, 6) is 0.786. The number of halogens is 1. The summed E-state index contributed by atoms with van der Waals surface area (Å²) >= 11 is 0. The summed E-state index contributed by atoms with van der Waals surface area (Å²) in [6.45, 7) is 3.38. The van der Waals surface area contributed by atoms with Gasteiger partial charge in [0.2, 0.25) is 5.91 Å². The van der Waals surface area contributed by atoms with Gasteiger partial charge in [-0.2, -0.15) is 0 Å². The van der Waals surface area contributed by atoms with Crippen LogP contribution in [0.1, 0.15) is 12.0 Å². The van der Waals surface area contributed by atoms with Crippen LogP contribution >= 0.6 is 12.4 Å². The molecule has 1 aromatic rings. The fraction of sp³-hybridized carbons (Fsp3) is 0.417. The molecule has 0 aliphatic carbocycles. The standard InChI is InChI=1S/C12H18N2O2.ClH/c1-10-2-4-11(5-3-10)16-9-8-14-12(15)6-7-13;/h2-5H,6-9,13H2,1H3,(H,14,15);1H. The second kappa shape index (κ2) is 8.84. The SMILES string of the molecule is Cc1ccc(OCCNC(=O)CCN)cc1.Cl. The van der Waals surface area contributed by atoms with Gasteiger partial charge in [-0.05, 0) is 19.1 Å². The van der Waals surface area contributed by atoms with Crippen molar-refractivity contribution in [3.8, 4) is 5.75 Å². The molecule has 0 fully saturated rings. The normalized spacial score (nSPS) is 9.29. The number of aryl methyl sites for hydroxylation is 1. The summed E-state index contributed by atoms with van der Waals surface area (Å²) in [7, 11) is 0. The maximum Gasteiger partial charge on any atom is 0.221 e. The predicted octanol–water partition coefficient (Wildman–Crippen LogP) is 1.26. The van der Waals surface area contributed by atoms with Crippen molar-refractivity contribution in [2.24, 2.45) is 5.73 Å². The molecule has 5 heteroatoms. The molecule has 3 N–H and O–H groups in total. The van der Waals surface area contributed by atoms with Crippen LogP contribution in [0.2, 0.25) is 0 Å². The van der Waals surface area contributed by atoms with Crippen LogP contribution in [0.4, 0.5) is 0 Å². The lowest BCUT2D eigenvalue weighted by atomic mass is 10.2. The minimum Gasteiger partial charge on any atom is -0.492 e. The molecule has 96 valence electrons. The van der Waals surface area contributed by atoms with Gasteiger partial charge in [-0.3, -0.25) is 4.79 Å². The van der Waals surface area contributed by atoms with E-state index >= 15 is 0 Å². The number of carbonyl (C=O) groups excluding carboxylic acids is 1. The first-order valence-electron chi connectivity index (χ1n) is 5.38. The molecule has 0 aliphatic rings. The van der Waals surface area contributed by atoms with Crippen molar-refractivity contribution in [1.82, 2.24) is 5.32 Å². The molecular formula is C12H19ClN2O2. The van der Waals surface area contributed by atoms with Crippen LogP contribution in [-0.2, 0) is 4.79 Å². The summed E-state index contributed by atoms with van der Waals surface area (Å²) in [5, 5.41) is 2.72. The third kappa shape index (κ3) is 6.81. The van der Waals surface area contributed by atoms with Crippen molar-refractivity contribution in [1.29, 1.82) is 0 Å². The molecule has 0 saturated heterocycles. The maximum atomic E-state index is 11.1. The Bertz CT molecular complexity index is 328. The molecule has 0 saturated carbocycles. The Morgan fingerprint density at radius 1 is 1.35 bits per heavy atom. The minimum atomic E-state index is -0.0324. The fourth-order valence-electron chi connectivity index (χ4n) is 1.21. The molecule has 1 amide bonds. The first-order chi connectivity index (χ1) is 7.72. The number of hydrogen-bond acceptors (Lipinski definition) is 3. The summed E-state index contributed by atoms with van der Waals surface area (Å²) in [6.07, 6.45) is 0.366. The summed E-state index contributed by atoms with van der Waals surface area (Å²) in [6, 6.07) is 7.80. The van der Waals surface area contributed by atoms with Gasteiger partial charge in [-0.1, -0.05) is 17.7 Å². The Kier molecular flexibility index (Phi) is 8.19. The smallest absolute Gasteiger partial charge is 0.221 e. The van der Waals surface area contributed by atoms with E-state index in [9.17, 15) is 4.79 Å². The van der Waals surface area contributed by atoms with Crippen LogP contribution in [0.3, 0.4) is 0 Å². The average molecular weight is 259 g/mol. The van der Waals surface area contributed by atoms with E-state index < -0.39 is 0 Å². The molecule has 0 aliphatic heterocycles. The van der Waals surface area contributed by atoms with Crippen LogP contribution in [0, 0.1) is 6.92 Å². The van der Waals surface area contributed by atoms with E-state index in [1.807, 2.05) is 31.2 Å². The van der Waals surface area contributed by atoms with Gasteiger partial charge in [0.15, 0.2) is 0 Å². The molecule has 0 bridgehead atoms. The van der Waals surface area contributed by atoms with Crippen LogP contribution in [-0.4, -0.2) is 25.6 Å². The third-order valence-electron chi connectivity index (χ3n) is 2.09. The zero-order chi connectivity index (χ0) is 11.8. The van der Waals surface area contributed by atoms with Crippen molar-refractivity contribution in [2.75, 3.05) is 19.7 Å². The van der Waals surface area contributed by atoms with Gasteiger partial charge >= 0.3 is 0 Å². The van der Waals surface area contributed by atoms with Crippen molar-refractivity contribution < 1.29 is 9.53 Å². The molecular weight excluding hydrogens is 240 g/mol. The number of rotatable bonds is 6. The van der Waals surface area contributed by atoms with Crippen LogP contribution in [0.15, 0.2) is 24.3 Å². The number of ether oxygens (including phenoxy) is 1. The first kappa shape index (κ1) is 15.7. The van der Waals surface area contributed by atoms with Crippen molar-refractivity contribution in [3.05, 3.63) is 29.8 Å². The second-order valence-electron chi connectivity index (χ2n) is 3.55. The van der Waals surface area contributed by atoms with Gasteiger partial charge in [-0.25, -0.2) is 0 Å². The number of hydrogen-bond donors (Lipinski definition) is 2. The van der Waals surface area contributed by atoms with Crippen molar-refractivity contribution in [2.45, 2.75) is 13.3 Å². The molecule has 1 aromatic carbocycles. The van der Waals surface area contributed by atoms with Gasteiger partial charge in [-0.15, -0.1) is 12.4 Å². The molecule has 17 heavy (non-hydrogen) atoms. The minimum absolute atomic E-state index is 0. The van der Waals surface area contributed by atoms with E-state index in [-0.39, 0.29) is 18.3 Å². The highest BCUT2D eigenvalue weighted by molar-refractivity contribution is 5.85. The lowest BCUT2D eigenvalue weighted by Gasteiger charge is -2.07. The van der Waals surface area contributed by atoms with Crippen LogP contribution in [0.5, 0.6) is 5.75 Å². The van der Waals surface area contributed by atoms with Gasteiger partial charge in [0.1, 0.15) is 12.4 Å². The average Bonchev–Trinajstić information content (AvgIpc) is 2.27. The number of amides is 1. The molecule has 1 rings (SSSR count). The molecule has 0 atom stereocenters. The highest BCUT2D eigenvalue weighted by Crippen LogP contribution is 2.10. The van der Waals surface area contributed by atoms with E-state index in [1.54, 1.807) is 0 Å². The van der Waals surface area contributed by atoms with Crippen molar-refractivity contribution in [3.63, 3.8) is 0 Å². The highest BCUT2D eigenvalue weighted by atomic mass is 35.5. The van der Waals surface area contributed by atoms with E-state index in [0.717, 1.165) is 5.75 Å². The monoisotopic (exact) mass is 258 g/mol. The van der Waals surface area contributed by atoms with E-state index in [2.05, 4.69) is 5.32 Å². The highest BCUT2D eigenvalue weighted by Gasteiger charge is 1.98. The molecule has 0 aromatic heterocycles. The number of nitrogens with two attached hydrogens (primary N) is 1. The van der Waals surface area contributed by atoms with E-state index in [1.165, 1.54) is 5.56 Å². The predicted molar refractivity (Wildman–Crippen MR) is 70.6 cm³/mol. The number of benzene rings is 1. The zero-order valence-electron chi connectivity index (χ0n) is 9.94. The van der Waals surface area contributed by atoms with Crippen molar-refractivity contribution >= 4 is 18.3 Å². The summed E-state index contributed by atoms with van der Waals surface area (Å²) in [4.78, 5) is 11.1. The lowest BCUT2D eigenvalue weighted by molar-refractivity contribution is -0.120. The van der Waals surface area contributed by atoms with E-state index in [0.29, 0.717) is 26.1 Å². The Balaban J connectivity index is 0.00000256. The second-order valence-corrected chi connectivity index (χ2v) is 3.55. The van der Waals surface area contributed by atoms with Gasteiger partial charge in [0, 0.05) is 13.0 Å². The third-order valence-corrected chi connectivity index (χ3v) is 2.09. The Labute approximate surface area is 108 Å². The Morgan fingerprint density at radius 3 is 2.59 bits per heavy atom. The van der Waals surface area contributed by atoms with Gasteiger partial charge in [0.25, 0.3) is 0 Å². The maximum absolute atomic E-state index is 11.1. The summed E-state index contributed by atoms with van der Waals surface area (Å²) < 4.78 is 5.44.